The molecule has 0 aromatic heterocycles. The lowest BCUT2D eigenvalue weighted by molar-refractivity contribution is -0.139. The minimum atomic E-state index is -0.874. The van der Waals surface area contributed by atoms with Gasteiger partial charge in [-0.1, -0.05) is 26.2 Å². The van der Waals surface area contributed by atoms with E-state index in [1.807, 2.05) is 14.0 Å². The number of likely N-dealkylation sites (N-methyl/N-ethyl adjacent to an activating group) is 1. The molecule has 0 aliphatic heterocycles. The third-order valence-corrected chi connectivity index (χ3v) is 3.94. The van der Waals surface area contributed by atoms with Crippen molar-refractivity contribution in [1.29, 1.82) is 0 Å². The molecule has 1 fully saturated rings. The van der Waals surface area contributed by atoms with Gasteiger partial charge >= 0.3 is 5.97 Å². The molecule has 1 aliphatic carbocycles. The lowest BCUT2D eigenvalue weighted by Crippen LogP contribution is -2.42. The summed E-state index contributed by atoms with van der Waals surface area (Å²) >= 11 is 0. The Hall–Kier alpha value is -0.810. The molecule has 0 unspecified atom stereocenters. The van der Waals surface area contributed by atoms with Crippen LogP contribution >= 0.6 is 12.4 Å². The fraction of sp³-hybridized carbons (Fsp3) is 0.867. The highest BCUT2D eigenvalue weighted by molar-refractivity contribution is 5.85. The summed E-state index contributed by atoms with van der Waals surface area (Å²) in [5.74, 6) is -0.219. The summed E-state index contributed by atoms with van der Waals surface area (Å²) in [6, 6.07) is 0. The first-order valence-corrected chi connectivity index (χ1v) is 7.71. The lowest BCUT2D eigenvalue weighted by atomic mass is 9.89. The van der Waals surface area contributed by atoms with Gasteiger partial charge in [-0.3, -0.25) is 14.5 Å². The molecule has 0 radical (unpaired) electrons. The number of halogens is 1. The number of carboxylic acid groups (broad SMARTS) is 1. The van der Waals surface area contributed by atoms with Gasteiger partial charge in [0.25, 0.3) is 0 Å². The van der Waals surface area contributed by atoms with E-state index in [1.54, 1.807) is 9.80 Å². The maximum Gasteiger partial charge on any atom is 0.317 e. The van der Waals surface area contributed by atoms with Crippen molar-refractivity contribution in [2.24, 2.45) is 5.92 Å². The second-order valence-corrected chi connectivity index (χ2v) is 5.88. The van der Waals surface area contributed by atoms with E-state index in [0.29, 0.717) is 12.5 Å². The van der Waals surface area contributed by atoms with Gasteiger partial charge in [-0.2, -0.15) is 0 Å². The fourth-order valence-electron chi connectivity index (χ4n) is 2.89. The van der Waals surface area contributed by atoms with Crippen LogP contribution in [-0.4, -0.2) is 60.0 Å². The summed E-state index contributed by atoms with van der Waals surface area (Å²) in [7, 11) is 1.84. The molecule has 1 saturated carbocycles. The number of carbonyl (C=O) groups is 2. The van der Waals surface area contributed by atoms with Crippen molar-refractivity contribution >= 4 is 24.3 Å². The number of aliphatic carboxylic acids is 1. The zero-order valence-electron chi connectivity index (χ0n) is 13.2. The van der Waals surface area contributed by atoms with Gasteiger partial charge in [-0.15, -0.1) is 12.4 Å². The van der Waals surface area contributed by atoms with Crippen molar-refractivity contribution in [1.82, 2.24) is 9.80 Å². The van der Waals surface area contributed by atoms with E-state index >= 15 is 0 Å². The van der Waals surface area contributed by atoms with E-state index in [2.05, 4.69) is 0 Å². The summed E-state index contributed by atoms with van der Waals surface area (Å²) in [6.07, 6.45) is 7.14. The first kappa shape index (κ1) is 20.2. The monoisotopic (exact) mass is 320 g/mol. The van der Waals surface area contributed by atoms with E-state index in [4.69, 9.17) is 5.11 Å². The molecule has 0 saturated heterocycles. The van der Waals surface area contributed by atoms with Gasteiger partial charge in [0.2, 0.25) is 5.91 Å². The van der Waals surface area contributed by atoms with E-state index < -0.39 is 5.97 Å². The van der Waals surface area contributed by atoms with E-state index in [0.717, 1.165) is 13.0 Å². The second kappa shape index (κ2) is 10.9. The van der Waals surface area contributed by atoms with Crippen molar-refractivity contribution in [2.75, 3.05) is 33.2 Å². The largest absolute Gasteiger partial charge is 0.480 e. The Balaban J connectivity index is 0.00000400. The predicted molar refractivity (Wildman–Crippen MR) is 85.8 cm³/mol. The molecule has 5 nitrogen and oxygen atoms in total. The SMILES string of the molecule is CCCN(CC(=O)O)CC(=O)N(C)CC1CCCCC1.Cl. The maximum absolute atomic E-state index is 12.2. The van der Waals surface area contributed by atoms with Crippen molar-refractivity contribution < 1.29 is 14.7 Å². The minimum Gasteiger partial charge on any atom is -0.480 e. The highest BCUT2D eigenvalue weighted by Crippen LogP contribution is 2.24. The molecule has 1 amide bonds. The number of hydrogen-bond acceptors (Lipinski definition) is 3. The Morgan fingerprint density at radius 3 is 2.29 bits per heavy atom. The van der Waals surface area contributed by atoms with Gasteiger partial charge in [-0.25, -0.2) is 0 Å². The number of rotatable bonds is 8. The Morgan fingerprint density at radius 2 is 1.76 bits per heavy atom. The van der Waals surface area contributed by atoms with Crippen molar-refractivity contribution in [2.45, 2.75) is 45.4 Å². The molecule has 21 heavy (non-hydrogen) atoms. The van der Waals surface area contributed by atoms with Gasteiger partial charge in [-0.05, 0) is 31.7 Å². The van der Waals surface area contributed by atoms with Crippen LogP contribution in [0.1, 0.15) is 45.4 Å². The smallest absolute Gasteiger partial charge is 0.317 e. The lowest BCUT2D eigenvalue weighted by Gasteiger charge is -2.28. The molecule has 0 aromatic carbocycles. The normalized spacial score (nSPS) is 15.6. The first-order valence-electron chi connectivity index (χ1n) is 7.71. The highest BCUT2D eigenvalue weighted by Gasteiger charge is 2.20. The summed E-state index contributed by atoms with van der Waals surface area (Å²) in [4.78, 5) is 26.4. The topological polar surface area (TPSA) is 60.9 Å². The van der Waals surface area contributed by atoms with Crippen LogP contribution in [0.3, 0.4) is 0 Å². The van der Waals surface area contributed by atoms with Crippen LogP contribution in [0.2, 0.25) is 0 Å². The van der Waals surface area contributed by atoms with E-state index in [9.17, 15) is 9.59 Å². The molecule has 6 heteroatoms. The van der Waals surface area contributed by atoms with E-state index in [1.165, 1.54) is 32.1 Å². The van der Waals surface area contributed by atoms with Gasteiger partial charge in [0.05, 0.1) is 13.1 Å². The quantitative estimate of drug-likeness (QED) is 0.745. The van der Waals surface area contributed by atoms with Gasteiger partial charge in [0.1, 0.15) is 0 Å². The van der Waals surface area contributed by atoms with Crippen LogP contribution in [0.4, 0.5) is 0 Å². The molecule has 1 rings (SSSR count). The van der Waals surface area contributed by atoms with Crippen LogP contribution in [0, 0.1) is 5.92 Å². The van der Waals surface area contributed by atoms with Crippen LogP contribution in [0.25, 0.3) is 0 Å². The molecular formula is C15H29ClN2O3. The van der Waals surface area contributed by atoms with Crippen LogP contribution in [0.15, 0.2) is 0 Å². The zero-order chi connectivity index (χ0) is 15.0. The Bertz CT molecular complexity index is 320. The van der Waals surface area contributed by atoms with Crippen molar-refractivity contribution in [3.63, 3.8) is 0 Å². The molecule has 0 aromatic rings. The number of carboxylic acids is 1. The molecule has 0 heterocycles. The Labute approximate surface area is 134 Å². The Morgan fingerprint density at radius 1 is 1.14 bits per heavy atom. The number of amides is 1. The van der Waals surface area contributed by atoms with Gasteiger partial charge in [0, 0.05) is 13.6 Å². The third kappa shape index (κ3) is 8.27. The molecule has 1 aliphatic rings. The zero-order valence-corrected chi connectivity index (χ0v) is 14.0. The Kier molecular flexibility index (Phi) is 10.4. The number of carbonyl (C=O) groups excluding carboxylic acids is 1. The average molecular weight is 321 g/mol. The van der Waals surface area contributed by atoms with Crippen LogP contribution in [-0.2, 0) is 9.59 Å². The second-order valence-electron chi connectivity index (χ2n) is 5.88. The molecule has 0 spiro atoms. The van der Waals surface area contributed by atoms with Gasteiger partial charge < -0.3 is 10.0 Å². The van der Waals surface area contributed by atoms with Crippen LogP contribution in [0.5, 0.6) is 0 Å². The molecule has 0 atom stereocenters. The van der Waals surface area contributed by atoms with Crippen LogP contribution < -0.4 is 0 Å². The molecule has 124 valence electrons. The molecule has 0 bridgehead atoms. The molecular weight excluding hydrogens is 292 g/mol. The number of nitrogens with zero attached hydrogens (tertiary/aromatic N) is 2. The summed E-state index contributed by atoms with van der Waals surface area (Å²) in [6.45, 7) is 3.60. The maximum atomic E-state index is 12.2. The van der Waals surface area contributed by atoms with Gasteiger partial charge in [0.15, 0.2) is 0 Å². The third-order valence-electron chi connectivity index (χ3n) is 3.94. The summed E-state index contributed by atoms with van der Waals surface area (Å²) in [5, 5.41) is 8.86. The summed E-state index contributed by atoms with van der Waals surface area (Å²) in [5.41, 5.74) is 0. The van der Waals surface area contributed by atoms with Crippen molar-refractivity contribution in [3.05, 3.63) is 0 Å². The summed E-state index contributed by atoms with van der Waals surface area (Å²) < 4.78 is 0. The standard InChI is InChI=1S/C15H28N2O3.ClH/c1-3-9-17(12-15(19)20)11-14(18)16(2)10-13-7-5-4-6-8-13;/h13H,3-12H2,1-2H3,(H,19,20);1H. The first-order chi connectivity index (χ1) is 9.52. The average Bonchev–Trinajstić information content (AvgIpc) is 2.39. The predicted octanol–water partition coefficient (Wildman–Crippen LogP) is 2.24. The number of hydrogen-bond donors (Lipinski definition) is 1. The van der Waals surface area contributed by atoms with Crippen molar-refractivity contribution in [3.8, 4) is 0 Å². The highest BCUT2D eigenvalue weighted by atomic mass is 35.5. The fourth-order valence-corrected chi connectivity index (χ4v) is 2.89. The minimum absolute atomic E-state index is 0. The molecule has 1 N–H and O–H groups in total. The van der Waals surface area contributed by atoms with E-state index in [-0.39, 0.29) is 31.4 Å².